The number of benzene rings is 1. The molecular weight excluding hydrogens is 390 g/mol. The fourth-order valence-electron chi connectivity index (χ4n) is 3.39. The van der Waals surface area contributed by atoms with E-state index in [4.69, 9.17) is 18.9 Å². The molecule has 0 spiro atoms. The van der Waals surface area contributed by atoms with E-state index in [2.05, 4.69) is 15.5 Å². The summed E-state index contributed by atoms with van der Waals surface area (Å²) in [6, 6.07) is 7.57. The van der Waals surface area contributed by atoms with E-state index >= 15 is 0 Å². The Balaban J connectivity index is 1.79. The smallest absolute Gasteiger partial charge is 0.407 e. The van der Waals surface area contributed by atoms with Crippen molar-refractivity contribution in [2.75, 3.05) is 67.3 Å². The molecule has 9 nitrogen and oxygen atoms in total. The van der Waals surface area contributed by atoms with Crippen LogP contribution in [-0.4, -0.2) is 102 Å². The summed E-state index contributed by atoms with van der Waals surface area (Å²) in [5.74, 6) is 0.787. The van der Waals surface area contributed by atoms with Crippen molar-refractivity contribution in [1.82, 2.24) is 15.5 Å². The number of amides is 1. The van der Waals surface area contributed by atoms with Gasteiger partial charge in [0.05, 0.1) is 26.4 Å². The molecule has 3 atom stereocenters. The van der Waals surface area contributed by atoms with Gasteiger partial charge in [0.2, 0.25) is 0 Å². The van der Waals surface area contributed by atoms with Crippen LogP contribution in [0.1, 0.15) is 5.56 Å². The lowest BCUT2D eigenvalue weighted by Crippen LogP contribution is -2.43. The first-order valence-corrected chi connectivity index (χ1v) is 10.3. The van der Waals surface area contributed by atoms with Crippen LogP contribution in [0.2, 0.25) is 0 Å². The molecule has 0 unspecified atom stereocenters. The van der Waals surface area contributed by atoms with E-state index in [1.807, 2.05) is 24.3 Å². The number of methoxy groups -OCH3 is 3. The number of nitrogens with one attached hydrogen (secondary N) is 2. The summed E-state index contributed by atoms with van der Waals surface area (Å²) in [5.41, 5.74) is 1.07. The van der Waals surface area contributed by atoms with Crippen molar-refractivity contribution in [2.24, 2.45) is 0 Å². The van der Waals surface area contributed by atoms with Crippen molar-refractivity contribution in [2.45, 2.75) is 24.7 Å². The second-order valence-electron chi connectivity index (χ2n) is 7.26. The molecule has 0 aromatic heterocycles. The molecule has 0 saturated carbocycles. The van der Waals surface area contributed by atoms with Crippen molar-refractivity contribution >= 4 is 6.09 Å². The van der Waals surface area contributed by atoms with Crippen molar-refractivity contribution in [3.05, 3.63) is 29.8 Å². The molecule has 3 N–H and O–H groups in total. The van der Waals surface area contributed by atoms with Crippen LogP contribution >= 0.6 is 0 Å². The number of β-amino-alcohol motifs (C(OH)–C–C–N with tert-alkyl or cyclic N) is 1. The van der Waals surface area contributed by atoms with Gasteiger partial charge in [-0.25, -0.2) is 4.79 Å². The lowest BCUT2D eigenvalue weighted by atomic mass is 10.0. The van der Waals surface area contributed by atoms with Crippen molar-refractivity contribution in [3.63, 3.8) is 0 Å². The van der Waals surface area contributed by atoms with Crippen molar-refractivity contribution < 1.29 is 28.8 Å². The van der Waals surface area contributed by atoms with E-state index < -0.39 is 18.3 Å². The van der Waals surface area contributed by atoms with Crippen LogP contribution in [0.3, 0.4) is 0 Å². The molecule has 0 aliphatic carbocycles. The third-order valence-corrected chi connectivity index (χ3v) is 5.14. The van der Waals surface area contributed by atoms with Gasteiger partial charge in [-0.05, 0) is 24.1 Å². The second kappa shape index (κ2) is 13.4. The van der Waals surface area contributed by atoms with Crippen LogP contribution in [0.5, 0.6) is 5.75 Å². The first-order chi connectivity index (χ1) is 14.6. The molecule has 1 amide bonds. The normalized spacial score (nSPS) is 21.0. The molecule has 1 fully saturated rings. The Bertz CT molecular complexity index is 607. The molecule has 2 rings (SSSR count). The summed E-state index contributed by atoms with van der Waals surface area (Å²) < 4.78 is 21.0. The molecule has 1 aliphatic rings. The van der Waals surface area contributed by atoms with Crippen molar-refractivity contribution in [3.8, 4) is 5.75 Å². The van der Waals surface area contributed by atoms with Gasteiger partial charge in [0.1, 0.15) is 18.0 Å². The van der Waals surface area contributed by atoms with Gasteiger partial charge in [0.15, 0.2) is 0 Å². The van der Waals surface area contributed by atoms with Gasteiger partial charge in [-0.1, -0.05) is 12.1 Å². The fraction of sp³-hybridized carbons (Fsp3) is 0.667. The highest BCUT2D eigenvalue weighted by molar-refractivity contribution is 5.67. The van der Waals surface area contributed by atoms with Crippen LogP contribution < -0.4 is 15.4 Å². The van der Waals surface area contributed by atoms with E-state index in [0.717, 1.165) is 24.4 Å². The Morgan fingerprint density at radius 2 is 1.80 bits per heavy atom. The molecule has 1 saturated heterocycles. The third kappa shape index (κ3) is 8.08. The zero-order chi connectivity index (χ0) is 21.8. The zero-order valence-electron chi connectivity index (χ0n) is 18.1. The summed E-state index contributed by atoms with van der Waals surface area (Å²) in [4.78, 5) is 14.4. The number of nitrogens with zero attached hydrogens (tertiary/aromatic N) is 1. The summed E-state index contributed by atoms with van der Waals surface area (Å²) in [5, 5.41) is 16.3. The van der Waals surface area contributed by atoms with Crippen LogP contribution in [0, 0.1) is 0 Å². The molecule has 9 heteroatoms. The number of carbonyl (C=O) groups excluding carboxylic acids is 1. The number of ether oxygens (including phenoxy) is 4. The highest BCUT2D eigenvalue weighted by Crippen LogP contribution is 2.19. The third-order valence-electron chi connectivity index (χ3n) is 5.14. The van der Waals surface area contributed by atoms with Crippen molar-refractivity contribution in [1.29, 1.82) is 0 Å². The molecule has 0 bridgehead atoms. The minimum atomic E-state index is -0.737. The predicted molar refractivity (Wildman–Crippen MR) is 113 cm³/mol. The Morgan fingerprint density at radius 3 is 2.40 bits per heavy atom. The Labute approximate surface area is 178 Å². The fourth-order valence-corrected chi connectivity index (χ4v) is 3.39. The van der Waals surface area contributed by atoms with E-state index in [9.17, 15) is 9.90 Å². The monoisotopic (exact) mass is 425 g/mol. The number of hydrogen-bond acceptors (Lipinski definition) is 8. The van der Waals surface area contributed by atoms with Crippen LogP contribution in [0.4, 0.5) is 4.79 Å². The maximum Gasteiger partial charge on any atom is 0.407 e. The Hall–Kier alpha value is -1.91. The highest BCUT2D eigenvalue weighted by atomic mass is 16.6. The van der Waals surface area contributed by atoms with Crippen LogP contribution in [-0.2, 0) is 20.6 Å². The first kappa shape index (κ1) is 24.4. The van der Waals surface area contributed by atoms with Gasteiger partial charge in [-0.3, -0.25) is 4.90 Å². The van der Waals surface area contributed by atoms with Gasteiger partial charge < -0.3 is 34.7 Å². The van der Waals surface area contributed by atoms with E-state index in [0.29, 0.717) is 39.3 Å². The van der Waals surface area contributed by atoms with E-state index in [1.165, 1.54) is 0 Å². The second-order valence-corrected chi connectivity index (χ2v) is 7.26. The van der Waals surface area contributed by atoms with Gasteiger partial charge in [0, 0.05) is 46.9 Å². The molecule has 30 heavy (non-hydrogen) atoms. The lowest BCUT2D eigenvalue weighted by Gasteiger charge is -2.24. The summed E-state index contributed by atoms with van der Waals surface area (Å²) >= 11 is 0. The largest absolute Gasteiger partial charge is 0.497 e. The maximum atomic E-state index is 12.3. The van der Waals surface area contributed by atoms with Crippen LogP contribution in [0.25, 0.3) is 0 Å². The standard InChI is InChI=1S/C21H35N3O6/c1-27-12-10-24(11-13-28-2)9-8-22-21(26)30-20-18(23-15-19(20)25)14-16-4-6-17(29-3)7-5-16/h4-7,18-20,23,25H,8-15H2,1-3H3,(H,22,26)/t18-,19+,20-/m0/s1. The maximum absolute atomic E-state index is 12.3. The molecule has 1 aliphatic heterocycles. The molecule has 1 heterocycles. The Morgan fingerprint density at radius 1 is 1.13 bits per heavy atom. The zero-order valence-corrected chi connectivity index (χ0v) is 18.1. The minimum Gasteiger partial charge on any atom is -0.497 e. The average molecular weight is 426 g/mol. The number of alkyl carbamates (subject to hydrolysis) is 1. The molecule has 0 radical (unpaired) electrons. The molecule has 1 aromatic rings. The summed E-state index contributed by atoms with van der Waals surface area (Å²) in [6.07, 6.45) is -1.23. The number of hydrogen-bond donors (Lipinski definition) is 3. The van der Waals surface area contributed by atoms with Gasteiger partial charge >= 0.3 is 6.09 Å². The summed E-state index contributed by atoms with van der Waals surface area (Å²) in [6.45, 7) is 4.22. The number of aliphatic hydroxyl groups excluding tert-OH is 1. The molecule has 170 valence electrons. The highest BCUT2D eigenvalue weighted by Gasteiger charge is 2.37. The van der Waals surface area contributed by atoms with E-state index in [1.54, 1.807) is 21.3 Å². The minimum absolute atomic E-state index is 0.154. The SMILES string of the molecule is COCCN(CCNC(=O)O[C@@H]1[C@H](O)CN[C@H]1Cc1ccc(OC)cc1)CCOC. The number of aliphatic hydroxyl groups is 1. The quantitative estimate of drug-likeness (QED) is 0.414. The lowest BCUT2D eigenvalue weighted by molar-refractivity contribution is 0.0186. The molecular formula is C21H35N3O6. The average Bonchev–Trinajstić information content (AvgIpc) is 3.09. The topological polar surface area (TPSA) is 102 Å². The van der Waals surface area contributed by atoms with E-state index in [-0.39, 0.29) is 6.04 Å². The number of carbonyl (C=O) groups is 1. The van der Waals surface area contributed by atoms with Gasteiger partial charge in [0.25, 0.3) is 0 Å². The summed E-state index contributed by atoms with van der Waals surface area (Å²) in [7, 11) is 4.95. The van der Waals surface area contributed by atoms with Gasteiger partial charge in [-0.15, -0.1) is 0 Å². The van der Waals surface area contributed by atoms with Crippen LogP contribution in [0.15, 0.2) is 24.3 Å². The first-order valence-electron chi connectivity index (χ1n) is 10.3. The number of rotatable bonds is 13. The Kier molecular flexibility index (Phi) is 10.9. The predicted octanol–water partition coefficient (Wildman–Crippen LogP) is 0.260. The molecule has 1 aromatic carbocycles. The van der Waals surface area contributed by atoms with Gasteiger partial charge in [-0.2, -0.15) is 0 Å².